The summed E-state index contributed by atoms with van der Waals surface area (Å²) in [6, 6.07) is 7.40. The van der Waals surface area contributed by atoms with Crippen LogP contribution in [0.4, 0.5) is 17.6 Å². The highest BCUT2D eigenvalue weighted by atomic mass is 16.3. The van der Waals surface area contributed by atoms with Crippen LogP contribution in [0.5, 0.6) is 5.75 Å². The van der Waals surface area contributed by atoms with Crippen molar-refractivity contribution in [2.45, 2.75) is 19.8 Å². The zero-order valence-corrected chi connectivity index (χ0v) is 15.3. The molecule has 1 saturated heterocycles. The Morgan fingerprint density at radius 1 is 1.00 bits per heavy atom. The fourth-order valence-electron chi connectivity index (χ4n) is 2.82. The molecule has 7 heteroatoms. The highest BCUT2D eigenvalue weighted by molar-refractivity contribution is 5.52. The summed E-state index contributed by atoms with van der Waals surface area (Å²) < 4.78 is 0. The van der Waals surface area contributed by atoms with Gasteiger partial charge in [0, 0.05) is 57.9 Å². The maximum absolute atomic E-state index is 9.67. The Hall–Kier alpha value is -2.57. The summed E-state index contributed by atoms with van der Waals surface area (Å²) in [5.74, 6) is 2.83. The third-order valence-electron chi connectivity index (χ3n) is 4.30. The van der Waals surface area contributed by atoms with Crippen LogP contribution in [0, 0.1) is 0 Å². The monoisotopic (exact) mass is 342 g/mol. The number of anilines is 3. The first-order valence-electron chi connectivity index (χ1n) is 8.66. The number of phenolic OH excluding ortho intramolecular Hbond substituents is 1. The molecule has 1 aliphatic heterocycles. The number of benzene rings is 1. The van der Waals surface area contributed by atoms with Gasteiger partial charge in [0.2, 0.25) is 11.9 Å². The Kier molecular flexibility index (Phi) is 4.92. The maximum Gasteiger partial charge on any atom is 0.230 e. The van der Waals surface area contributed by atoms with E-state index < -0.39 is 0 Å². The molecule has 2 aromatic rings. The Bertz CT molecular complexity index is 699. The summed E-state index contributed by atoms with van der Waals surface area (Å²) in [5, 5.41) is 9.67. The molecule has 0 saturated carbocycles. The molecule has 1 aromatic carbocycles. The van der Waals surface area contributed by atoms with Crippen LogP contribution in [0.15, 0.2) is 24.3 Å². The molecule has 0 radical (unpaired) electrons. The molecule has 2 heterocycles. The summed E-state index contributed by atoms with van der Waals surface area (Å²) in [5.41, 5.74) is 1.05. The average molecular weight is 342 g/mol. The SMILES string of the molecule is CC(C)c1nc(N(C)C)nc(N2CCN(c3cccc(O)c3)CC2)n1. The minimum atomic E-state index is 0.258. The van der Waals surface area contributed by atoms with Gasteiger partial charge in [0.15, 0.2) is 0 Å². The molecule has 0 atom stereocenters. The lowest BCUT2D eigenvalue weighted by molar-refractivity contribution is 0.475. The second kappa shape index (κ2) is 7.13. The number of hydrogen-bond acceptors (Lipinski definition) is 7. The third-order valence-corrected chi connectivity index (χ3v) is 4.30. The first kappa shape index (κ1) is 17.3. The Labute approximate surface area is 148 Å². The van der Waals surface area contributed by atoms with Crippen LogP contribution >= 0.6 is 0 Å². The van der Waals surface area contributed by atoms with Crippen LogP contribution in [-0.2, 0) is 0 Å². The molecule has 1 aromatic heterocycles. The third kappa shape index (κ3) is 3.92. The van der Waals surface area contributed by atoms with Gasteiger partial charge >= 0.3 is 0 Å². The maximum atomic E-state index is 9.67. The number of hydrogen-bond donors (Lipinski definition) is 1. The van der Waals surface area contributed by atoms with Crippen molar-refractivity contribution in [2.75, 3.05) is 55.0 Å². The molecular formula is C18H26N6O. The zero-order chi connectivity index (χ0) is 18.0. The Balaban J connectivity index is 1.76. The molecule has 1 fully saturated rings. The highest BCUT2D eigenvalue weighted by Crippen LogP contribution is 2.23. The zero-order valence-electron chi connectivity index (χ0n) is 15.3. The van der Waals surface area contributed by atoms with Crippen LogP contribution in [0.1, 0.15) is 25.6 Å². The van der Waals surface area contributed by atoms with Crippen molar-refractivity contribution < 1.29 is 5.11 Å². The summed E-state index contributed by atoms with van der Waals surface area (Å²) in [6.07, 6.45) is 0. The van der Waals surface area contributed by atoms with Crippen molar-refractivity contribution in [1.82, 2.24) is 15.0 Å². The molecule has 0 aliphatic carbocycles. The number of aromatic hydroxyl groups is 1. The molecule has 0 unspecified atom stereocenters. The van der Waals surface area contributed by atoms with E-state index in [0.717, 1.165) is 43.6 Å². The highest BCUT2D eigenvalue weighted by Gasteiger charge is 2.21. The number of rotatable bonds is 4. The lowest BCUT2D eigenvalue weighted by atomic mass is 10.2. The first-order valence-corrected chi connectivity index (χ1v) is 8.66. The van der Waals surface area contributed by atoms with Gasteiger partial charge in [-0.2, -0.15) is 15.0 Å². The molecule has 7 nitrogen and oxygen atoms in total. The van der Waals surface area contributed by atoms with E-state index in [1.54, 1.807) is 12.1 Å². The number of phenols is 1. The van der Waals surface area contributed by atoms with Crippen LogP contribution in [0.2, 0.25) is 0 Å². The van der Waals surface area contributed by atoms with Crippen LogP contribution in [0.3, 0.4) is 0 Å². The fraction of sp³-hybridized carbons (Fsp3) is 0.500. The average Bonchev–Trinajstić information content (AvgIpc) is 2.61. The Morgan fingerprint density at radius 3 is 2.28 bits per heavy atom. The van der Waals surface area contributed by atoms with E-state index >= 15 is 0 Å². The van der Waals surface area contributed by atoms with E-state index in [1.807, 2.05) is 31.1 Å². The normalized spacial score (nSPS) is 14.9. The van der Waals surface area contributed by atoms with Crippen molar-refractivity contribution in [3.63, 3.8) is 0 Å². The van der Waals surface area contributed by atoms with Gasteiger partial charge in [0.05, 0.1) is 0 Å². The fourth-order valence-corrected chi connectivity index (χ4v) is 2.82. The second-order valence-electron chi connectivity index (χ2n) is 6.84. The predicted molar refractivity (Wildman–Crippen MR) is 101 cm³/mol. The van der Waals surface area contributed by atoms with Crippen molar-refractivity contribution in [1.29, 1.82) is 0 Å². The van der Waals surface area contributed by atoms with Crippen LogP contribution in [-0.4, -0.2) is 60.3 Å². The molecule has 1 N–H and O–H groups in total. The van der Waals surface area contributed by atoms with Crippen LogP contribution < -0.4 is 14.7 Å². The van der Waals surface area contributed by atoms with E-state index in [9.17, 15) is 5.11 Å². The quantitative estimate of drug-likeness (QED) is 0.912. The predicted octanol–water partition coefficient (Wildman–Crippen LogP) is 2.09. The van der Waals surface area contributed by atoms with Crippen LogP contribution in [0.25, 0.3) is 0 Å². The summed E-state index contributed by atoms with van der Waals surface area (Å²) in [7, 11) is 3.89. The molecule has 25 heavy (non-hydrogen) atoms. The van der Waals surface area contributed by atoms with E-state index in [1.165, 1.54) is 0 Å². The van der Waals surface area contributed by atoms with Gasteiger partial charge in [-0.3, -0.25) is 0 Å². The van der Waals surface area contributed by atoms with E-state index in [4.69, 9.17) is 0 Å². The van der Waals surface area contributed by atoms with Gasteiger partial charge < -0.3 is 19.8 Å². The number of aromatic nitrogens is 3. The van der Waals surface area contributed by atoms with E-state index in [0.29, 0.717) is 11.7 Å². The molecule has 0 bridgehead atoms. The molecule has 3 rings (SSSR count). The van der Waals surface area contributed by atoms with E-state index in [2.05, 4.69) is 38.6 Å². The molecule has 0 spiro atoms. The molecule has 1 aliphatic rings. The lowest BCUT2D eigenvalue weighted by Crippen LogP contribution is -2.47. The molecular weight excluding hydrogens is 316 g/mol. The van der Waals surface area contributed by atoms with Crippen molar-refractivity contribution in [2.24, 2.45) is 0 Å². The largest absolute Gasteiger partial charge is 0.508 e. The lowest BCUT2D eigenvalue weighted by Gasteiger charge is -2.36. The molecule has 0 amide bonds. The minimum Gasteiger partial charge on any atom is -0.508 e. The summed E-state index contributed by atoms with van der Waals surface area (Å²) in [4.78, 5) is 20.2. The van der Waals surface area contributed by atoms with Gasteiger partial charge in [-0.25, -0.2) is 0 Å². The molecule has 134 valence electrons. The number of nitrogens with zero attached hydrogens (tertiary/aromatic N) is 6. The summed E-state index contributed by atoms with van der Waals surface area (Å²) in [6.45, 7) is 7.60. The minimum absolute atomic E-state index is 0.258. The van der Waals surface area contributed by atoms with E-state index in [-0.39, 0.29) is 5.92 Å². The van der Waals surface area contributed by atoms with Crippen molar-refractivity contribution in [3.05, 3.63) is 30.1 Å². The van der Waals surface area contributed by atoms with Gasteiger partial charge in [-0.1, -0.05) is 19.9 Å². The summed E-state index contributed by atoms with van der Waals surface area (Å²) >= 11 is 0. The van der Waals surface area contributed by atoms with Crippen molar-refractivity contribution in [3.8, 4) is 5.75 Å². The standard InChI is InChI=1S/C18H26N6O/c1-13(2)16-19-17(22(3)4)21-18(20-16)24-10-8-23(9-11-24)14-6-5-7-15(25)12-14/h5-7,12-13,25H,8-11H2,1-4H3. The number of piperazine rings is 1. The second-order valence-corrected chi connectivity index (χ2v) is 6.84. The van der Waals surface area contributed by atoms with Gasteiger partial charge in [0.1, 0.15) is 11.6 Å². The van der Waals surface area contributed by atoms with Gasteiger partial charge in [0.25, 0.3) is 0 Å². The Morgan fingerprint density at radius 2 is 1.68 bits per heavy atom. The topological polar surface area (TPSA) is 68.6 Å². The van der Waals surface area contributed by atoms with Gasteiger partial charge in [-0.15, -0.1) is 0 Å². The van der Waals surface area contributed by atoms with Crippen molar-refractivity contribution >= 4 is 17.6 Å². The first-order chi connectivity index (χ1) is 11.9. The van der Waals surface area contributed by atoms with Gasteiger partial charge in [-0.05, 0) is 12.1 Å². The smallest absolute Gasteiger partial charge is 0.230 e.